The number of carbonyl (C=O) groups is 1. The Morgan fingerprint density at radius 1 is 1.38 bits per heavy atom. The standard InChI is InChI=1S/C19H19FN4O3S2/c1-11-16(12(2)24(23-11)15-6-7-29(26,27)10-15)9-17-18(22-19(25)28-17)21-14-5-3-4-13(20)8-14/h3-5,8-9,15H,6-7,10H2,1-2H3,(H,21,22,25)/b17-9-/t15-/m0/s1. The molecule has 152 valence electrons. The van der Waals surface area contributed by atoms with Gasteiger partial charge in [0.1, 0.15) is 11.7 Å². The van der Waals surface area contributed by atoms with E-state index >= 15 is 0 Å². The van der Waals surface area contributed by atoms with Crippen molar-refractivity contribution in [1.29, 1.82) is 0 Å². The number of hydrogen-bond acceptors (Lipinski definition) is 6. The summed E-state index contributed by atoms with van der Waals surface area (Å²) in [5, 5.41) is 6.96. The number of benzene rings is 1. The van der Waals surface area contributed by atoms with Crippen molar-refractivity contribution in [2.75, 3.05) is 11.5 Å². The van der Waals surface area contributed by atoms with Crippen molar-refractivity contribution in [2.24, 2.45) is 4.99 Å². The highest BCUT2D eigenvalue weighted by atomic mass is 32.2. The lowest BCUT2D eigenvalue weighted by Gasteiger charge is -2.11. The first-order chi connectivity index (χ1) is 13.7. The largest absolute Gasteiger partial charge is 0.300 e. The molecular formula is C19H19FN4O3S2. The van der Waals surface area contributed by atoms with E-state index in [2.05, 4.69) is 15.4 Å². The predicted octanol–water partition coefficient (Wildman–Crippen LogP) is 3.53. The molecule has 1 aromatic carbocycles. The van der Waals surface area contributed by atoms with Gasteiger partial charge in [-0.25, -0.2) is 17.8 Å². The third-order valence-electron chi connectivity index (χ3n) is 4.92. The Kier molecular flexibility index (Phi) is 5.07. The molecule has 0 saturated carbocycles. The van der Waals surface area contributed by atoms with E-state index in [-0.39, 0.29) is 22.8 Å². The molecule has 4 rings (SSSR count). The molecule has 0 radical (unpaired) electrons. The molecule has 0 aliphatic carbocycles. The molecular weight excluding hydrogens is 415 g/mol. The van der Waals surface area contributed by atoms with Crippen LogP contribution < -0.4 is 5.32 Å². The maximum absolute atomic E-state index is 13.4. The zero-order valence-electron chi connectivity index (χ0n) is 15.8. The van der Waals surface area contributed by atoms with E-state index in [9.17, 15) is 17.6 Å². The minimum absolute atomic E-state index is 0.0893. The lowest BCUT2D eigenvalue weighted by molar-refractivity contribution is 0.265. The molecule has 1 aromatic heterocycles. The predicted molar refractivity (Wildman–Crippen MR) is 112 cm³/mol. The van der Waals surface area contributed by atoms with Crippen molar-refractivity contribution < 1.29 is 17.6 Å². The van der Waals surface area contributed by atoms with Crippen LogP contribution in [0, 0.1) is 19.7 Å². The summed E-state index contributed by atoms with van der Waals surface area (Å²) in [6, 6.07) is 5.64. The Morgan fingerprint density at radius 2 is 2.17 bits per heavy atom. The molecule has 2 saturated heterocycles. The minimum atomic E-state index is -3.03. The summed E-state index contributed by atoms with van der Waals surface area (Å²) in [7, 11) is -3.03. The van der Waals surface area contributed by atoms with E-state index < -0.39 is 15.7 Å². The fourth-order valence-corrected chi connectivity index (χ4v) is 5.94. The zero-order valence-corrected chi connectivity index (χ0v) is 17.5. The van der Waals surface area contributed by atoms with Crippen LogP contribution in [0.2, 0.25) is 0 Å². The quantitative estimate of drug-likeness (QED) is 0.798. The Balaban J connectivity index is 1.70. The summed E-state index contributed by atoms with van der Waals surface area (Å²) in [4.78, 5) is 16.9. The van der Waals surface area contributed by atoms with Crippen LogP contribution in [0.3, 0.4) is 0 Å². The summed E-state index contributed by atoms with van der Waals surface area (Å²) in [6.07, 6.45) is 2.36. The topological polar surface area (TPSA) is 93.4 Å². The third-order valence-corrected chi connectivity index (χ3v) is 7.49. The summed E-state index contributed by atoms with van der Waals surface area (Å²) in [6.45, 7) is 3.73. The Morgan fingerprint density at radius 3 is 2.86 bits per heavy atom. The fourth-order valence-electron chi connectivity index (χ4n) is 3.53. The van der Waals surface area contributed by atoms with E-state index in [0.29, 0.717) is 22.8 Å². The molecule has 0 bridgehead atoms. The highest BCUT2D eigenvalue weighted by Gasteiger charge is 2.32. The van der Waals surface area contributed by atoms with Crippen LogP contribution in [0.4, 0.5) is 14.9 Å². The smallest absolute Gasteiger partial charge is 0.289 e. The number of nitrogens with zero attached hydrogens (tertiary/aromatic N) is 3. The summed E-state index contributed by atoms with van der Waals surface area (Å²) in [5.41, 5.74) is 2.79. The summed E-state index contributed by atoms with van der Waals surface area (Å²) >= 11 is 1.00. The molecule has 2 aliphatic heterocycles. The summed E-state index contributed by atoms with van der Waals surface area (Å²) in [5.74, 6) is 0.200. The number of rotatable bonds is 3. The highest BCUT2D eigenvalue weighted by Crippen LogP contribution is 2.32. The van der Waals surface area contributed by atoms with E-state index in [1.165, 1.54) is 12.1 Å². The number of nitrogens with one attached hydrogen (secondary N) is 1. The number of halogens is 1. The maximum atomic E-state index is 13.4. The van der Waals surface area contributed by atoms with Crippen LogP contribution in [0.15, 0.2) is 34.2 Å². The van der Waals surface area contributed by atoms with Crippen molar-refractivity contribution in [2.45, 2.75) is 26.3 Å². The molecule has 2 fully saturated rings. The molecule has 1 N–H and O–H groups in total. The van der Waals surface area contributed by atoms with Gasteiger partial charge in [0.25, 0.3) is 5.24 Å². The molecule has 7 nitrogen and oxygen atoms in total. The Bertz CT molecular complexity index is 1170. The number of sulfone groups is 1. The van der Waals surface area contributed by atoms with E-state index in [0.717, 1.165) is 28.7 Å². The van der Waals surface area contributed by atoms with Crippen molar-refractivity contribution in [3.05, 3.63) is 51.9 Å². The van der Waals surface area contributed by atoms with Gasteiger partial charge in [0.05, 0.1) is 33.8 Å². The molecule has 0 spiro atoms. The Hall–Kier alpha value is -2.46. The van der Waals surface area contributed by atoms with Gasteiger partial charge in [-0.15, -0.1) is 0 Å². The normalized spacial score (nSPS) is 23.8. The average molecular weight is 435 g/mol. The van der Waals surface area contributed by atoms with Crippen LogP contribution in [0.5, 0.6) is 0 Å². The molecule has 2 aromatic rings. The molecule has 0 unspecified atom stereocenters. The van der Waals surface area contributed by atoms with Gasteiger partial charge in [-0.05, 0) is 56.3 Å². The van der Waals surface area contributed by atoms with Gasteiger partial charge in [0.15, 0.2) is 9.84 Å². The van der Waals surface area contributed by atoms with E-state index in [1.54, 1.807) is 16.8 Å². The molecule has 3 heterocycles. The number of aryl methyl sites for hydroxylation is 1. The number of amides is 1. The van der Waals surface area contributed by atoms with Gasteiger partial charge in [0, 0.05) is 11.3 Å². The van der Waals surface area contributed by atoms with Crippen LogP contribution >= 0.6 is 11.8 Å². The average Bonchev–Trinajstić information content (AvgIpc) is 3.26. The first-order valence-corrected chi connectivity index (χ1v) is 11.7. The molecule has 1 atom stereocenters. The number of hydrogen-bond donors (Lipinski definition) is 1. The lowest BCUT2D eigenvalue weighted by atomic mass is 10.1. The van der Waals surface area contributed by atoms with Crippen molar-refractivity contribution in [3.8, 4) is 0 Å². The second-order valence-electron chi connectivity index (χ2n) is 7.05. The van der Waals surface area contributed by atoms with Crippen molar-refractivity contribution in [3.63, 3.8) is 0 Å². The monoisotopic (exact) mass is 434 g/mol. The molecule has 10 heteroatoms. The van der Waals surface area contributed by atoms with Crippen molar-refractivity contribution >= 4 is 44.4 Å². The van der Waals surface area contributed by atoms with Gasteiger partial charge in [-0.3, -0.25) is 9.48 Å². The van der Waals surface area contributed by atoms with Crippen LogP contribution in [-0.4, -0.2) is 40.8 Å². The number of amidine groups is 1. The highest BCUT2D eigenvalue weighted by molar-refractivity contribution is 8.18. The first-order valence-electron chi connectivity index (χ1n) is 9.03. The number of carbonyl (C=O) groups excluding carboxylic acids is 1. The van der Waals surface area contributed by atoms with Gasteiger partial charge >= 0.3 is 0 Å². The van der Waals surface area contributed by atoms with Crippen LogP contribution in [0.1, 0.15) is 29.4 Å². The maximum Gasteiger partial charge on any atom is 0.289 e. The van der Waals surface area contributed by atoms with E-state index in [4.69, 9.17) is 0 Å². The number of aromatic nitrogens is 2. The minimum Gasteiger partial charge on any atom is -0.300 e. The summed E-state index contributed by atoms with van der Waals surface area (Å²) < 4.78 is 38.9. The lowest BCUT2D eigenvalue weighted by Crippen LogP contribution is -2.18. The van der Waals surface area contributed by atoms with Gasteiger partial charge < -0.3 is 5.32 Å². The van der Waals surface area contributed by atoms with E-state index in [1.807, 2.05) is 19.9 Å². The molecule has 1 amide bonds. The Labute approximate surface area is 172 Å². The fraction of sp³-hybridized carbons (Fsp3) is 0.316. The number of thioether (sulfide) groups is 1. The van der Waals surface area contributed by atoms with Crippen molar-refractivity contribution in [1.82, 2.24) is 15.1 Å². The molecule has 29 heavy (non-hydrogen) atoms. The number of aliphatic imine (C=N–C) groups is 1. The van der Waals surface area contributed by atoms with Gasteiger partial charge in [-0.1, -0.05) is 6.07 Å². The van der Waals surface area contributed by atoms with Gasteiger partial charge in [0.2, 0.25) is 0 Å². The van der Waals surface area contributed by atoms with Crippen LogP contribution in [0.25, 0.3) is 6.08 Å². The molecule has 2 aliphatic rings. The zero-order chi connectivity index (χ0) is 20.8. The second kappa shape index (κ2) is 7.42. The van der Waals surface area contributed by atoms with Crippen LogP contribution in [-0.2, 0) is 9.84 Å². The first kappa shape index (κ1) is 19.8. The SMILES string of the molecule is Cc1nn([C@H]2CCS(=O)(=O)C2)c(C)c1/C=C1\SC(=O)NC1=Nc1cccc(F)c1. The third kappa shape index (κ3) is 4.13. The van der Waals surface area contributed by atoms with Gasteiger partial charge in [-0.2, -0.15) is 5.10 Å². The second-order valence-corrected chi connectivity index (χ2v) is 10.3.